The predicted molar refractivity (Wildman–Crippen MR) is 58.8 cm³/mol. The SMILES string of the molecule is C=C/C=C(\C)C(C)c1ccccc1. The molecule has 13 heavy (non-hydrogen) atoms. The molecule has 0 aliphatic carbocycles. The van der Waals surface area contributed by atoms with Crippen molar-refractivity contribution in [3.05, 3.63) is 60.2 Å². The van der Waals surface area contributed by atoms with E-state index >= 15 is 0 Å². The van der Waals surface area contributed by atoms with Crippen LogP contribution in [0.1, 0.15) is 25.3 Å². The third-order valence-corrected chi connectivity index (χ3v) is 2.36. The number of allylic oxidation sites excluding steroid dienone is 3. The van der Waals surface area contributed by atoms with E-state index in [9.17, 15) is 0 Å². The fourth-order valence-corrected chi connectivity index (χ4v) is 1.33. The summed E-state index contributed by atoms with van der Waals surface area (Å²) in [6, 6.07) is 10.5. The summed E-state index contributed by atoms with van der Waals surface area (Å²) in [5.41, 5.74) is 2.71. The lowest BCUT2D eigenvalue weighted by molar-refractivity contribution is 0.894. The van der Waals surface area contributed by atoms with Crippen LogP contribution in [-0.2, 0) is 0 Å². The van der Waals surface area contributed by atoms with Gasteiger partial charge in [-0.25, -0.2) is 0 Å². The lowest BCUT2D eigenvalue weighted by Gasteiger charge is -2.11. The molecule has 0 heterocycles. The molecule has 0 heteroatoms. The zero-order valence-corrected chi connectivity index (χ0v) is 8.33. The molecule has 1 atom stereocenters. The van der Waals surface area contributed by atoms with Crippen LogP contribution in [-0.4, -0.2) is 0 Å². The van der Waals surface area contributed by atoms with Crippen molar-refractivity contribution in [1.82, 2.24) is 0 Å². The van der Waals surface area contributed by atoms with Gasteiger partial charge >= 0.3 is 0 Å². The quantitative estimate of drug-likeness (QED) is 0.606. The van der Waals surface area contributed by atoms with Crippen molar-refractivity contribution in [2.24, 2.45) is 0 Å². The maximum absolute atomic E-state index is 3.70. The monoisotopic (exact) mass is 172 g/mol. The average molecular weight is 172 g/mol. The summed E-state index contributed by atoms with van der Waals surface area (Å²) >= 11 is 0. The molecule has 1 rings (SSSR count). The molecule has 0 saturated carbocycles. The van der Waals surface area contributed by atoms with Crippen molar-refractivity contribution in [1.29, 1.82) is 0 Å². The van der Waals surface area contributed by atoms with Crippen LogP contribution in [0.15, 0.2) is 54.6 Å². The van der Waals surface area contributed by atoms with Crippen LogP contribution in [0, 0.1) is 0 Å². The van der Waals surface area contributed by atoms with E-state index in [1.165, 1.54) is 11.1 Å². The van der Waals surface area contributed by atoms with Crippen molar-refractivity contribution in [2.75, 3.05) is 0 Å². The average Bonchev–Trinajstić information content (AvgIpc) is 2.18. The number of hydrogen-bond donors (Lipinski definition) is 0. The Morgan fingerprint density at radius 2 is 1.92 bits per heavy atom. The van der Waals surface area contributed by atoms with E-state index in [0.29, 0.717) is 5.92 Å². The van der Waals surface area contributed by atoms with Gasteiger partial charge in [-0.15, -0.1) is 0 Å². The first kappa shape index (κ1) is 9.79. The van der Waals surface area contributed by atoms with Gasteiger partial charge in [0.05, 0.1) is 0 Å². The van der Waals surface area contributed by atoms with E-state index in [0.717, 1.165) is 0 Å². The first-order valence-electron chi connectivity index (χ1n) is 4.60. The predicted octanol–water partition coefficient (Wildman–Crippen LogP) is 3.92. The van der Waals surface area contributed by atoms with E-state index in [2.05, 4.69) is 50.8 Å². The highest BCUT2D eigenvalue weighted by atomic mass is 14.1. The van der Waals surface area contributed by atoms with Crippen molar-refractivity contribution in [3.63, 3.8) is 0 Å². The van der Waals surface area contributed by atoms with Gasteiger partial charge in [0.1, 0.15) is 0 Å². The van der Waals surface area contributed by atoms with Gasteiger partial charge in [0.2, 0.25) is 0 Å². The molecule has 0 aliphatic rings. The molecule has 0 amide bonds. The molecule has 0 saturated heterocycles. The Balaban J connectivity index is 2.85. The Labute approximate surface area is 80.6 Å². The van der Waals surface area contributed by atoms with Crippen molar-refractivity contribution >= 4 is 0 Å². The highest BCUT2D eigenvalue weighted by molar-refractivity contribution is 5.28. The highest BCUT2D eigenvalue weighted by Crippen LogP contribution is 2.22. The zero-order chi connectivity index (χ0) is 9.68. The van der Waals surface area contributed by atoms with Crippen LogP contribution in [0.4, 0.5) is 0 Å². The first-order valence-corrected chi connectivity index (χ1v) is 4.60. The molecule has 0 fully saturated rings. The smallest absolute Gasteiger partial charge is 0.00201 e. The second kappa shape index (κ2) is 4.66. The van der Waals surface area contributed by atoms with Crippen LogP contribution in [0.2, 0.25) is 0 Å². The van der Waals surface area contributed by atoms with E-state index in [1.54, 1.807) is 0 Å². The number of benzene rings is 1. The lowest BCUT2D eigenvalue weighted by atomic mass is 9.94. The summed E-state index contributed by atoms with van der Waals surface area (Å²) in [7, 11) is 0. The second-order valence-electron chi connectivity index (χ2n) is 3.28. The Kier molecular flexibility index (Phi) is 3.51. The maximum atomic E-state index is 3.70. The van der Waals surface area contributed by atoms with Crippen LogP contribution in [0.3, 0.4) is 0 Å². The van der Waals surface area contributed by atoms with E-state index in [4.69, 9.17) is 0 Å². The first-order chi connectivity index (χ1) is 6.25. The minimum Gasteiger partial charge on any atom is -0.0991 e. The largest absolute Gasteiger partial charge is 0.0991 e. The van der Waals surface area contributed by atoms with E-state index < -0.39 is 0 Å². The summed E-state index contributed by atoms with van der Waals surface area (Å²) < 4.78 is 0. The third-order valence-electron chi connectivity index (χ3n) is 2.36. The topological polar surface area (TPSA) is 0 Å². The molecular weight excluding hydrogens is 156 g/mol. The van der Waals surface area contributed by atoms with Crippen molar-refractivity contribution in [3.8, 4) is 0 Å². The maximum Gasteiger partial charge on any atom is 0.00201 e. The zero-order valence-electron chi connectivity index (χ0n) is 8.33. The molecular formula is C13H16. The lowest BCUT2D eigenvalue weighted by Crippen LogP contribution is -1.93. The summed E-state index contributed by atoms with van der Waals surface area (Å²) in [4.78, 5) is 0. The minimum absolute atomic E-state index is 0.485. The highest BCUT2D eigenvalue weighted by Gasteiger charge is 2.04. The summed E-state index contributed by atoms with van der Waals surface area (Å²) in [6.07, 6.45) is 3.91. The van der Waals surface area contributed by atoms with Gasteiger partial charge in [-0.1, -0.05) is 61.6 Å². The Morgan fingerprint density at radius 1 is 1.31 bits per heavy atom. The van der Waals surface area contributed by atoms with Gasteiger partial charge in [0, 0.05) is 5.92 Å². The fourth-order valence-electron chi connectivity index (χ4n) is 1.33. The molecule has 1 aromatic rings. The molecule has 0 N–H and O–H groups in total. The number of rotatable bonds is 3. The molecule has 68 valence electrons. The van der Waals surface area contributed by atoms with Crippen molar-refractivity contribution < 1.29 is 0 Å². The van der Waals surface area contributed by atoms with Gasteiger partial charge in [-0.2, -0.15) is 0 Å². The van der Waals surface area contributed by atoms with E-state index in [-0.39, 0.29) is 0 Å². The molecule has 0 radical (unpaired) electrons. The second-order valence-corrected chi connectivity index (χ2v) is 3.28. The molecule has 0 spiro atoms. The Hall–Kier alpha value is -1.30. The van der Waals surface area contributed by atoms with Crippen LogP contribution in [0.5, 0.6) is 0 Å². The van der Waals surface area contributed by atoms with Gasteiger partial charge in [-0.3, -0.25) is 0 Å². The molecule has 1 unspecified atom stereocenters. The van der Waals surface area contributed by atoms with Crippen LogP contribution < -0.4 is 0 Å². The van der Waals surface area contributed by atoms with Crippen LogP contribution in [0.25, 0.3) is 0 Å². The molecule has 0 aromatic heterocycles. The van der Waals surface area contributed by atoms with Gasteiger partial charge in [-0.05, 0) is 12.5 Å². The molecule has 1 aromatic carbocycles. The van der Waals surface area contributed by atoms with Crippen molar-refractivity contribution in [2.45, 2.75) is 19.8 Å². The van der Waals surface area contributed by atoms with E-state index in [1.807, 2.05) is 12.1 Å². The molecule has 0 bridgehead atoms. The fraction of sp³-hybridized carbons (Fsp3) is 0.231. The summed E-state index contributed by atoms with van der Waals surface area (Å²) in [5.74, 6) is 0.485. The van der Waals surface area contributed by atoms with Crippen LogP contribution >= 0.6 is 0 Å². The standard InChI is InChI=1S/C13H16/c1-4-8-11(2)12(3)13-9-6-5-7-10-13/h4-10,12H,1H2,2-3H3/b11-8+. The summed E-state index contributed by atoms with van der Waals surface area (Å²) in [5, 5.41) is 0. The molecule has 0 aliphatic heterocycles. The Bertz CT molecular complexity index is 293. The number of hydrogen-bond acceptors (Lipinski definition) is 0. The minimum atomic E-state index is 0.485. The van der Waals surface area contributed by atoms with Gasteiger partial charge in [0.15, 0.2) is 0 Å². The molecule has 0 nitrogen and oxygen atoms in total. The van der Waals surface area contributed by atoms with Gasteiger partial charge in [0.25, 0.3) is 0 Å². The third kappa shape index (κ3) is 2.59. The normalized spacial score (nSPS) is 13.8. The Morgan fingerprint density at radius 3 is 2.46 bits per heavy atom. The summed E-state index contributed by atoms with van der Waals surface area (Å²) in [6.45, 7) is 8.05. The van der Waals surface area contributed by atoms with Gasteiger partial charge < -0.3 is 0 Å².